The molecule has 0 unspecified atom stereocenters. The average molecular weight is 652 g/mol. The fraction of sp³-hybridized carbons (Fsp3) is 0.467. The molecule has 2 aromatic carbocycles. The largest absolute Gasteiger partial charge is 0.781 e. The summed E-state index contributed by atoms with van der Waals surface area (Å²) in [6.07, 6.45) is 6.97. The van der Waals surface area contributed by atoms with Gasteiger partial charge in [-0.3, -0.25) is 0 Å². The maximum Gasteiger partial charge on any atom is 0.00166 e. The van der Waals surface area contributed by atoms with Crippen LogP contribution in [0.15, 0.2) is 57.0 Å². The molecule has 0 aromatic heterocycles. The maximum absolute atomic E-state index is 5.79. The molecule has 0 atom stereocenters. The molecule has 0 aliphatic heterocycles. The molecule has 0 aliphatic rings. The number of rotatable bonds is 12. The van der Waals surface area contributed by atoms with E-state index in [9.17, 15) is 0 Å². The first-order chi connectivity index (χ1) is 17.1. The summed E-state index contributed by atoms with van der Waals surface area (Å²) in [4.78, 5) is 1.61. The van der Waals surface area contributed by atoms with Gasteiger partial charge in [0.05, 0.1) is 0 Å². The summed E-state index contributed by atoms with van der Waals surface area (Å²) in [6, 6.07) is 16.9. The Labute approximate surface area is 268 Å². The summed E-state index contributed by atoms with van der Waals surface area (Å²) in [5, 5.41) is 1.06. The molecular formula is C30H40NiS6-4. The first-order valence-electron chi connectivity index (χ1n) is 12.8. The van der Waals surface area contributed by atoms with E-state index in [4.69, 9.17) is 50.5 Å². The molecule has 0 amide bonds. The monoisotopic (exact) mass is 650 g/mol. The van der Waals surface area contributed by atoms with Gasteiger partial charge in [-0.15, -0.1) is 0 Å². The van der Waals surface area contributed by atoms with Crippen LogP contribution in [0.5, 0.6) is 0 Å². The zero-order valence-corrected chi connectivity index (χ0v) is 28.7. The minimum atomic E-state index is 0. The van der Waals surface area contributed by atoms with Crippen LogP contribution in [-0.4, -0.2) is 10.5 Å². The van der Waals surface area contributed by atoms with Gasteiger partial charge in [0.25, 0.3) is 0 Å². The summed E-state index contributed by atoms with van der Waals surface area (Å²) in [5.41, 5.74) is 4.91. The Bertz CT molecular complexity index is 949. The molecule has 0 N–H and O–H groups in total. The number of benzene rings is 2. The predicted molar refractivity (Wildman–Crippen MR) is 179 cm³/mol. The van der Waals surface area contributed by atoms with E-state index in [1.54, 1.807) is 23.5 Å². The van der Waals surface area contributed by atoms with Gasteiger partial charge in [-0.05, 0) is 47.9 Å². The van der Waals surface area contributed by atoms with Crippen molar-refractivity contribution in [1.29, 1.82) is 0 Å². The third-order valence-electron chi connectivity index (χ3n) is 5.13. The summed E-state index contributed by atoms with van der Waals surface area (Å²) in [6.45, 7) is 13.0. The second-order valence-corrected chi connectivity index (χ2v) is 14.5. The van der Waals surface area contributed by atoms with Crippen molar-refractivity contribution in [3.05, 3.63) is 79.3 Å². The number of unbranched alkanes of at least 4 members (excludes halogenated alkanes) is 2. The summed E-state index contributed by atoms with van der Waals surface area (Å²) >= 11 is 25.2. The third kappa shape index (κ3) is 14.8. The minimum Gasteiger partial charge on any atom is -0.781 e. The Morgan fingerprint density at radius 3 is 1.70 bits per heavy atom. The molecule has 0 fully saturated rings. The van der Waals surface area contributed by atoms with Crippen LogP contribution in [0.2, 0.25) is 0 Å². The van der Waals surface area contributed by atoms with Crippen LogP contribution in [0, 0.1) is 0 Å². The van der Waals surface area contributed by atoms with Crippen molar-refractivity contribution in [1.82, 2.24) is 0 Å². The normalized spacial score (nSPS) is 12.3. The average Bonchev–Trinajstić information content (AvgIpc) is 2.85. The molecule has 0 aliphatic carbocycles. The van der Waals surface area contributed by atoms with Crippen LogP contribution in [-0.2, 0) is 79.8 Å². The van der Waals surface area contributed by atoms with Crippen molar-refractivity contribution >= 4 is 83.8 Å². The van der Waals surface area contributed by atoms with Gasteiger partial charge in [-0.2, -0.15) is 41.8 Å². The second-order valence-electron chi connectivity index (χ2n) is 9.13. The molecule has 210 valence electrons. The number of aryl methyl sites for hydroxylation is 2. The van der Waals surface area contributed by atoms with E-state index < -0.39 is 0 Å². The Morgan fingerprint density at radius 1 is 0.703 bits per heavy atom. The van der Waals surface area contributed by atoms with E-state index in [-0.39, 0.29) is 16.5 Å². The zero-order chi connectivity index (χ0) is 27.1. The van der Waals surface area contributed by atoms with E-state index >= 15 is 0 Å². The van der Waals surface area contributed by atoms with Crippen LogP contribution >= 0.6 is 23.5 Å². The Kier molecular flexibility index (Phi) is 20.8. The van der Waals surface area contributed by atoms with E-state index in [1.165, 1.54) is 42.4 Å². The molecule has 37 heavy (non-hydrogen) atoms. The zero-order valence-electron chi connectivity index (χ0n) is 22.8. The molecule has 0 heterocycles. The van der Waals surface area contributed by atoms with Crippen LogP contribution in [0.1, 0.15) is 89.5 Å². The molecule has 0 saturated heterocycles. The molecule has 0 radical (unpaired) electrons. The van der Waals surface area contributed by atoms with Gasteiger partial charge in [0.2, 0.25) is 0 Å². The van der Waals surface area contributed by atoms with Crippen molar-refractivity contribution in [3.63, 3.8) is 0 Å². The molecule has 0 nitrogen and oxygen atoms in total. The van der Waals surface area contributed by atoms with E-state index in [1.807, 2.05) is 30.3 Å². The fourth-order valence-corrected chi connectivity index (χ4v) is 6.66. The van der Waals surface area contributed by atoms with Crippen LogP contribution in [0.25, 0.3) is 9.81 Å². The van der Waals surface area contributed by atoms with Gasteiger partial charge < -0.3 is 50.5 Å². The molecule has 2 aromatic rings. The Morgan fingerprint density at radius 2 is 1.22 bits per heavy atom. The first-order valence-corrected chi connectivity index (χ1v) is 16.2. The van der Waals surface area contributed by atoms with Crippen molar-refractivity contribution in [2.24, 2.45) is 0 Å². The van der Waals surface area contributed by atoms with Gasteiger partial charge in [-0.25, -0.2) is 0 Å². The summed E-state index contributed by atoms with van der Waals surface area (Å²) in [7, 11) is 0. The molecule has 0 spiro atoms. The quantitative estimate of drug-likeness (QED) is 0.126. The molecule has 0 saturated carbocycles. The smallest absolute Gasteiger partial charge is 0.00166 e. The minimum absolute atomic E-state index is 0. The standard InChI is InChI=1S/C22H28S2.C8H16S4.Ni/c1-3-5-10-17-14-15-18(11-6-4-2)20(16-17)22(24)21(23)19-12-8-7-9-13-19;1-5(2)11-7(9)8(10)12-6(3)4;/h7-9,12-16,23-24H,3-6,10-11H2,1-2H3;5-6,9-10H,1-4H3;/p-4/b22-21-;8-7-;. The third-order valence-corrected chi connectivity index (χ3v) is 9.41. The van der Waals surface area contributed by atoms with Crippen molar-refractivity contribution in [3.8, 4) is 0 Å². The Balaban J connectivity index is 0.000000851. The number of hydrogen-bond donors (Lipinski definition) is 0. The van der Waals surface area contributed by atoms with Crippen molar-refractivity contribution in [2.45, 2.75) is 90.6 Å². The molecule has 0 bridgehead atoms. The van der Waals surface area contributed by atoms with Crippen molar-refractivity contribution in [2.75, 3.05) is 0 Å². The van der Waals surface area contributed by atoms with Gasteiger partial charge in [-0.1, -0.05) is 103 Å². The van der Waals surface area contributed by atoms with Crippen LogP contribution < -0.4 is 0 Å². The molecule has 2 rings (SSSR count). The second kappa shape index (κ2) is 20.8. The predicted octanol–water partition coefficient (Wildman–Crippen LogP) is 9.78. The van der Waals surface area contributed by atoms with E-state index in [0.717, 1.165) is 36.7 Å². The Hall–Kier alpha value is -0.00649. The molecule has 7 heteroatoms. The summed E-state index contributed by atoms with van der Waals surface area (Å²) < 4.78 is 1.75. The number of thioether (sulfide) groups is 2. The van der Waals surface area contributed by atoms with Gasteiger partial charge in [0.1, 0.15) is 0 Å². The topological polar surface area (TPSA) is 0 Å². The van der Waals surface area contributed by atoms with E-state index in [2.05, 4.69) is 59.7 Å². The van der Waals surface area contributed by atoms with Gasteiger partial charge >= 0.3 is 0 Å². The molecular weight excluding hydrogens is 611 g/mol. The van der Waals surface area contributed by atoms with Gasteiger partial charge in [0, 0.05) is 27.0 Å². The van der Waals surface area contributed by atoms with Crippen LogP contribution in [0.4, 0.5) is 0 Å². The maximum atomic E-state index is 5.79. The van der Waals surface area contributed by atoms with Crippen LogP contribution in [0.3, 0.4) is 0 Å². The fourth-order valence-electron chi connectivity index (χ4n) is 3.32. The van der Waals surface area contributed by atoms with E-state index in [0.29, 0.717) is 10.5 Å². The SMILES string of the molecule is CC(C)S/C([S-])=C(/[S-])SC(C)C.CCCCc1ccc(CCCC)c(/C([S-])=C(/[S-])c2ccccc2)c1.[Ni]. The van der Waals surface area contributed by atoms with Gasteiger partial charge in [0.15, 0.2) is 0 Å². The van der Waals surface area contributed by atoms with Crippen molar-refractivity contribution < 1.29 is 16.5 Å². The first kappa shape index (κ1) is 37.0. The number of hydrogen-bond acceptors (Lipinski definition) is 6. The summed E-state index contributed by atoms with van der Waals surface area (Å²) in [5.74, 6) is 0.